The van der Waals surface area contributed by atoms with Crippen LogP contribution in [0.25, 0.3) is 0 Å². The summed E-state index contributed by atoms with van der Waals surface area (Å²) in [6.07, 6.45) is 0.820. The zero-order valence-corrected chi connectivity index (χ0v) is 21.4. The highest BCUT2D eigenvalue weighted by molar-refractivity contribution is 5.80. The molecule has 0 spiro atoms. The number of carbonyl (C=O) groups is 2. The zero-order valence-electron chi connectivity index (χ0n) is 21.4. The highest BCUT2D eigenvalue weighted by Crippen LogP contribution is 2.52. The van der Waals surface area contributed by atoms with Gasteiger partial charge in [0.25, 0.3) is 0 Å². The number of aliphatic hydroxyl groups is 1. The summed E-state index contributed by atoms with van der Waals surface area (Å²) >= 11 is 0. The predicted octanol–water partition coefficient (Wildman–Crippen LogP) is 5.19. The fraction of sp³-hybridized carbons (Fsp3) is 0.310. The van der Waals surface area contributed by atoms with Gasteiger partial charge in [-0.3, -0.25) is 4.79 Å². The Kier molecular flexibility index (Phi) is 7.40. The van der Waals surface area contributed by atoms with Crippen LogP contribution >= 0.6 is 0 Å². The molecule has 1 unspecified atom stereocenters. The molecule has 0 bridgehead atoms. The van der Waals surface area contributed by atoms with E-state index in [1.807, 2.05) is 0 Å². The van der Waals surface area contributed by atoms with E-state index >= 15 is 0 Å². The molecule has 1 aliphatic heterocycles. The molecular formula is C29H31NO7. The highest BCUT2D eigenvalue weighted by atomic mass is 16.6. The van der Waals surface area contributed by atoms with E-state index in [1.165, 1.54) is 0 Å². The van der Waals surface area contributed by atoms with Gasteiger partial charge in [-0.2, -0.15) is 0 Å². The summed E-state index contributed by atoms with van der Waals surface area (Å²) < 4.78 is 22.6. The van der Waals surface area contributed by atoms with Gasteiger partial charge in [-0.05, 0) is 51.5 Å². The van der Waals surface area contributed by atoms with E-state index in [9.17, 15) is 14.7 Å². The Balaban J connectivity index is 1.57. The number of fused-ring (bicyclic) bond motifs is 2. The van der Waals surface area contributed by atoms with Crippen molar-refractivity contribution < 1.29 is 33.6 Å². The molecule has 194 valence electrons. The van der Waals surface area contributed by atoms with E-state index in [4.69, 9.17) is 18.9 Å². The minimum atomic E-state index is -1.64. The second-order valence-electron chi connectivity index (χ2n) is 9.67. The summed E-state index contributed by atoms with van der Waals surface area (Å²) in [4.78, 5) is 23.6. The number of aldehydes is 1. The van der Waals surface area contributed by atoms with Gasteiger partial charge in [-0.1, -0.05) is 24.3 Å². The number of hydrogen-bond donors (Lipinski definition) is 2. The van der Waals surface area contributed by atoms with E-state index in [2.05, 4.69) is 5.32 Å². The normalized spacial score (nSPS) is 16.0. The lowest BCUT2D eigenvalue weighted by Crippen LogP contribution is -2.33. The Hall–Kier alpha value is -4.04. The number of benzene rings is 3. The zero-order chi connectivity index (χ0) is 26.6. The molecular weight excluding hydrogens is 474 g/mol. The largest absolute Gasteiger partial charge is 0.497 e. The number of rotatable bonds is 8. The Labute approximate surface area is 216 Å². The second-order valence-corrected chi connectivity index (χ2v) is 9.67. The summed E-state index contributed by atoms with van der Waals surface area (Å²) in [6.45, 7) is 6.16. The number of hydrogen-bond acceptors (Lipinski definition) is 7. The van der Waals surface area contributed by atoms with Crippen molar-refractivity contribution in [1.29, 1.82) is 0 Å². The molecule has 0 aliphatic carbocycles. The van der Waals surface area contributed by atoms with Gasteiger partial charge in [0.05, 0.1) is 13.7 Å². The van der Waals surface area contributed by atoms with Crippen LogP contribution in [-0.2, 0) is 10.3 Å². The summed E-state index contributed by atoms with van der Waals surface area (Å²) in [6, 6.07) is 17.3. The minimum absolute atomic E-state index is 0.344. The third-order valence-electron chi connectivity index (χ3n) is 5.88. The number of methoxy groups -OCH3 is 1. The Morgan fingerprint density at radius 2 is 1.65 bits per heavy atom. The predicted molar refractivity (Wildman–Crippen MR) is 138 cm³/mol. The molecule has 0 radical (unpaired) electrons. The second kappa shape index (κ2) is 10.5. The van der Waals surface area contributed by atoms with E-state index in [1.54, 1.807) is 88.5 Å². The maximum absolute atomic E-state index is 12.2. The summed E-state index contributed by atoms with van der Waals surface area (Å²) in [7, 11) is 1.55. The molecule has 4 rings (SSSR count). The first-order valence-electron chi connectivity index (χ1n) is 12.0. The SMILES string of the molecule is COc1ccc2c(c1)Oc1cc(OCCCNC(=O)OC(C)(C)C)ccc1C2(O)c1ccccc1C=O. The van der Waals surface area contributed by atoms with Crippen molar-refractivity contribution in [2.75, 3.05) is 20.3 Å². The molecule has 1 atom stereocenters. The number of amides is 1. The molecule has 3 aromatic rings. The van der Waals surface area contributed by atoms with E-state index in [-0.39, 0.29) is 0 Å². The fourth-order valence-corrected chi connectivity index (χ4v) is 4.24. The maximum Gasteiger partial charge on any atom is 0.407 e. The van der Waals surface area contributed by atoms with Crippen molar-refractivity contribution >= 4 is 12.4 Å². The van der Waals surface area contributed by atoms with Crippen LogP contribution in [-0.4, -0.2) is 43.3 Å². The lowest BCUT2D eigenvalue weighted by atomic mass is 9.76. The first-order chi connectivity index (χ1) is 17.7. The maximum atomic E-state index is 12.2. The van der Waals surface area contributed by atoms with E-state index < -0.39 is 17.3 Å². The minimum Gasteiger partial charge on any atom is -0.497 e. The van der Waals surface area contributed by atoms with Gasteiger partial charge in [0, 0.05) is 40.9 Å². The fourth-order valence-electron chi connectivity index (χ4n) is 4.24. The average molecular weight is 506 g/mol. The third-order valence-corrected chi connectivity index (χ3v) is 5.88. The van der Waals surface area contributed by atoms with Crippen molar-refractivity contribution in [2.45, 2.75) is 38.4 Å². The van der Waals surface area contributed by atoms with Crippen LogP contribution in [0.2, 0.25) is 0 Å². The summed E-state index contributed by atoms with van der Waals surface area (Å²) in [5, 5.41) is 14.9. The highest BCUT2D eigenvalue weighted by Gasteiger charge is 2.43. The summed E-state index contributed by atoms with van der Waals surface area (Å²) in [5.74, 6) is 1.91. The van der Waals surface area contributed by atoms with Gasteiger partial charge < -0.3 is 29.4 Å². The van der Waals surface area contributed by atoms with Crippen LogP contribution in [0.1, 0.15) is 54.2 Å². The number of alkyl carbamates (subject to hydrolysis) is 1. The van der Waals surface area contributed by atoms with Gasteiger partial charge in [-0.25, -0.2) is 4.79 Å². The first kappa shape index (κ1) is 26.0. The molecule has 3 aromatic carbocycles. The topological polar surface area (TPSA) is 103 Å². The lowest BCUT2D eigenvalue weighted by molar-refractivity contribution is 0.0525. The molecule has 0 fully saturated rings. The van der Waals surface area contributed by atoms with Gasteiger partial charge >= 0.3 is 6.09 Å². The molecule has 0 aromatic heterocycles. The van der Waals surface area contributed by atoms with Gasteiger partial charge in [0.15, 0.2) is 0 Å². The van der Waals surface area contributed by atoms with Crippen LogP contribution in [0, 0.1) is 0 Å². The molecule has 2 N–H and O–H groups in total. The van der Waals surface area contributed by atoms with Gasteiger partial charge in [0.1, 0.15) is 40.5 Å². The van der Waals surface area contributed by atoms with E-state index in [0.717, 1.165) is 6.29 Å². The monoisotopic (exact) mass is 505 g/mol. The van der Waals surface area contributed by atoms with Crippen molar-refractivity contribution in [1.82, 2.24) is 5.32 Å². The van der Waals surface area contributed by atoms with E-state index in [0.29, 0.717) is 64.8 Å². The van der Waals surface area contributed by atoms with Crippen molar-refractivity contribution in [2.24, 2.45) is 0 Å². The van der Waals surface area contributed by atoms with Crippen molar-refractivity contribution in [3.8, 4) is 23.0 Å². The third kappa shape index (κ3) is 5.54. The number of carbonyl (C=O) groups excluding carboxylic acids is 2. The molecule has 8 heteroatoms. The van der Waals surface area contributed by atoms with Gasteiger partial charge in [-0.15, -0.1) is 0 Å². The molecule has 37 heavy (non-hydrogen) atoms. The molecule has 0 saturated heterocycles. The van der Waals surface area contributed by atoms with Crippen LogP contribution in [0.5, 0.6) is 23.0 Å². The van der Waals surface area contributed by atoms with Crippen molar-refractivity contribution in [3.05, 3.63) is 82.9 Å². The smallest absolute Gasteiger partial charge is 0.407 e. The van der Waals surface area contributed by atoms with Crippen molar-refractivity contribution in [3.63, 3.8) is 0 Å². The molecule has 1 aliphatic rings. The number of nitrogens with one attached hydrogen (secondary N) is 1. The van der Waals surface area contributed by atoms with Crippen LogP contribution in [0.15, 0.2) is 60.7 Å². The first-order valence-corrected chi connectivity index (χ1v) is 12.0. The average Bonchev–Trinajstić information content (AvgIpc) is 2.87. The van der Waals surface area contributed by atoms with Gasteiger partial charge in [0.2, 0.25) is 0 Å². The molecule has 8 nitrogen and oxygen atoms in total. The Morgan fingerprint density at radius 3 is 2.30 bits per heavy atom. The number of ether oxygens (including phenoxy) is 4. The molecule has 1 amide bonds. The lowest BCUT2D eigenvalue weighted by Gasteiger charge is -2.37. The Bertz CT molecular complexity index is 1300. The molecule has 1 heterocycles. The standard InChI is InChI=1S/C29H31NO7/c1-28(2,3)37-27(32)30-14-7-15-35-21-11-13-24-26(17-21)36-25-16-20(34-4)10-12-23(25)29(24,33)22-9-6-5-8-19(22)18-31/h5-6,8-13,16-18,33H,7,14-15H2,1-4H3,(H,30,32). The molecule has 0 saturated carbocycles. The van der Waals surface area contributed by atoms with Crippen LogP contribution in [0.3, 0.4) is 0 Å². The van der Waals surface area contributed by atoms with Crippen LogP contribution < -0.4 is 19.5 Å². The quantitative estimate of drug-likeness (QED) is 0.321. The van der Waals surface area contributed by atoms with Crippen LogP contribution in [0.4, 0.5) is 4.79 Å². The summed E-state index contributed by atoms with van der Waals surface area (Å²) in [5.41, 5.74) is -0.390. The Morgan fingerprint density at radius 1 is 1.00 bits per heavy atom.